The van der Waals surface area contributed by atoms with Crippen molar-refractivity contribution in [3.05, 3.63) is 71.7 Å². The van der Waals surface area contributed by atoms with E-state index in [1.807, 2.05) is 30.3 Å². The highest BCUT2D eigenvalue weighted by Crippen LogP contribution is 2.28. The fourth-order valence-corrected chi connectivity index (χ4v) is 2.93. The van der Waals surface area contributed by atoms with Crippen LogP contribution in [0.3, 0.4) is 0 Å². The zero-order valence-electron chi connectivity index (χ0n) is 16.1. The Bertz CT molecular complexity index is 1020. The Morgan fingerprint density at radius 2 is 1.79 bits per heavy atom. The number of hydrogen-bond acceptors (Lipinski definition) is 6. The van der Waals surface area contributed by atoms with Crippen molar-refractivity contribution in [2.75, 3.05) is 14.2 Å². The van der Waals surface area contributed by atoms with Crippen molar-refractivity contribution in [3.63, 3.8) is 0 Å². The Kier molecular flexibility index (Phi) is 6.39. The second-order valence-corrected chi connectivity index (χ2v) is 6.31. The smallest absolute Gasteiger partial charge is 0.356 e. The molecule has 0 bridgehead atoms. The number of halogens is 1. The van der Waals surface area contributed by atoms with E-state index < -0.39 is 23.9 Å². The first-order valence-corrected chi connectivity index (χ1v) is 8.99. The first-order chi connectivity index (χ1) is 14.0. The first kappa shape index (κ1) is 20.3. The molecule has 0 spiro atoms. The molecule has 0 fully saturated rings. The van der Waals surface area contributed by atoms with Gasteiger partial charge in [-0.3, -0.25) is 0 Å². The normalized spacial score (nSPS) is 11.7. The fourth-order valence-electron chi connectivity index (χ4n) is 2.93. The summed E-state index contributed by atoms with van der Waals surface area (Å²) in [5.74, 6) is -1.57. The van der Waals surface area contributed by atoms with Crippen LogP contribution in [0.15, 0.2) is 54.6 Å². The Labute approximate surface area is 167 Å². The standard InChI is InChI=1S/C22H20FNO5/c1-27-21(25)18-13-20(16-12-15(23)9-10-17(16)24-18)29-19(22(26)28-2)11-8-14-6-4-3-5-7-14/h3-7,9-10,12-13,19H,8,11H2,1-2H3. The van der Waals surface area contributed by atoms with Gasteiger partial charge in [0.15, 0.2) is 11.8 Å². The zero-order valence-corrected chi connectivity index (χ0v) is 16.1. The maximum atomic E-state index is 13.8. The number of pyridine rings is 1. The van der Waals surface area contributed by atoms with Gasteiger partial charge < -0.3 is 14.2 Å². The summed E-state index contributed by atoms with van der Waals surface area (Å²) in [5.41, 5.74) is 1.37. The van der Waals surface area contributed by atoms with Crippen molar-refractivity contribution in [1.29, 1.82) is 0 Å². The highest BCUT2D eigenvalue weighted by molar-refractivity contribution is 5.94. The van der Waals surface area contributed by atoms with Crippen LogP contribution in [0.1, 0.15) is 22.5 Å². The number of carbonyl (C=O) groups excluding carboxylic acids is 2. The van der Waals surface area contributed by atoms with Crippen molar-refractivity contribution in [2.45, 2.75) is 18.9 Å². The van der Waals surface area contributed by atoms with Crippen molar-refractivity contribution < 1.29 is 28.2 Å². The first-order valence-electron chi connectivity index (χ1n) is 8.99. The molecule has 2 aromatic carbocycles. The third-order valence-electron chi connectivity index (χ3n) is 4.40. The number of fused-ring (bicyclic) bond motifs is 1. The quantitative estimate of drug-likeness (QED) is 0.566. The van der Waals surface area contributed by atoms with Crippen LogP contribution in [0.2, 0.25) is 0 Å². The molecule has 1 aromatic heterocycles. The Balaban J connectivity index is 1.95. The summed E-state index contributed by atoms with van der Waals surface area (Å²) in [4.78, 5) is 28.4. The van der Waals surface area contributed by atoms with Gasteiger partial charge in [0.25, 0.3) is 0 Å². The van der Waals surface area contributed by atoms with Crippen LogP contribution in [-0.2, 0) is 20.7 Å². The summed E-state index contributed by atoms with van der Waals surface area (Å²) in [6, 6.07) is 14.9. The van der Waals surface area contributed by atoms with Gasteiger partial charge in [-0.15, -0.1) is 0 Å². The fraction of sp³-hybridized carbons (Fsp3) is 0.227. The van der Waals surface area contributed by atoms with Gasteiger partial charge in [-0.25, -0.2) is 19.0 Å². The molecule has 6 nitrogen and oxygen atoms in total. The largest absolute Gasteiger partial charge is 0.478 e. The van der Waals surface area contributed by atoms with Crippen LogP contribution in [0.5, 0.6) is 5.75 Å². The van der Waals surface area contributed by atoms with Gasteiger partial charge in [-0.1, -0.05) is 30.3 Å². The molecule has 0 aliphatic carbocycles. The predicted molar refractivity (Wildman–Crippen MR) is 104 cm³/mol. The number of nitrogens with zero attached hydrogens (tertiary/aromatic N) is 1. The number of benzene rings is 2. The van der Waals surface area contributed by atoms with Crippen LogP contribution in [0.25, 0.3) is 10.9 Å². The lowest BCUT2D eigenvalue weighted by Crippen LogP contribution is -2.29. The Hall–Kier alpha value is -3.48. The lowest BCUT2D eigenvalue weighted by Gasteiger charge is -2.19. The van der Waals surface area contributed by atoms with Gasteiger partial charge in [0.05, 0.1) is 19.7 Å². The number of esters is 2. The number of rotatable bonds is 7. The lowest BCUT2D eigenvalue weighted by molar-refractivity contribution is -0.149. The van der Waals surface area contributed by atoms with Gasteiger partial charge >= 0.3 is 11.9 Å². The maximum Gasteiger partial charge on any atom is 0.356 e. The Morgan fingerprint density at radius 1 is 1.03 bits per heavy atom. The molecule has 3 aromatic rings. The van der Waals surface area contributed by atoms with E-state index in [1.54, 1.807) is 0 Å². The molecule has 0 radical (unpaired) electrons. The second-order valence-electron chi connectivity index (χ2n) is 6.31. The van der Waals surface area contributed by atoms with E-state index in [0.29, 0.717) is 23.7 Å². The van der Waals surface area contributed by atoms with E-state index in [0.717, 1.165) is 5.56 Å². The van der Waals surface area contributed by atoms with Crippen molar-refractivity contribution in [2.24, 2.45) is 0 Å². The van der Waals surface area contributed by atoms with Crippen molar-refractivity contribution >= 4 is 22.8 Å². The molecule has 0 N–H and O–H groups in total. The minimum Gasteiger partial charge on any atom is -0.478 e. The average molecular weight is 397 g/mol. The minimum atomic E-state index is -0.945. The third kappa shape index (κ3) is 4.87. The predicted octanol–water partition coefficient (Wildman–Crippen LogP) is 3.71. The van der Waals surface area contributed by atoms with E-state index >= 15 is 0 Å². The monoisotopic (exact) mass is 397 g/mol. The summed E-state index contributed by atoms with van der Waals surface area (Å²) in [5, 5.41) is 0.339. The number of ether oxygens (including phenoxy) is 3. The van der Waals surface area contributed by atoms with Gasteiger partial charge in [-0.2, -0.15) is 0 Å². The number of hydrogen-bond donors (Lipinski definition) is 0. The van der Waals surface area contributed by atoms with Crippen LogP contribution >= 0.6 is 0 Å². The van der Waals surface area contributed by atoms with E-state index in [4.69, 9.17) is 14.2 Å². The van der Waals surface area contributed by atoms with E-state index in [2.05, 4.69) is 4.98 Å². The summed E-state index contributed by atoms with van der Waals surface area (Å²) in [6.45, 7) is 0. The van der Waals surface area contributed by atoms with E-state index in [9.17, 15) is 14.0 Å². The van der Waals surface area contributed by atoms with Crippen molar-refractivity contribution in [3.8, 4) is 5.75 Å². The lowest BCUT2D eigenvalue weighted by atomic mass is 10.1. The topological polar surface area (TPSA) is 74.7 Å². The Morgan fingerprint density at radius 3 is 2.48 bits per heavy atom. The summed E-state index contributed by atoms with van der Waals surface area (Å²) < 4.78 is 29.3. The molecule has 1 atom stereocenters. The number of aryl methyl sites for hydroxylation is 1. The van der Waals surface area contributed by atoms with Crippen LogP contribution < -0.4 is 4.74 Å². The van der Waals surface area contributed by atoms with Gasteiger partial charge in [0.2, 0.25) is 0 Å². The van der Waals surface area contributed by atoms with E-state index in [-0.39, 0.29) is 11.4 Å². The molecule has 0 amide bonds. The summed E-state index contributed by atoms with van der Waals surface area (Å²) in [7, 11) is 2.50. The van der Waals surface area contributed by atoms with Crippen LogP contribution in [0, 0.1) is 5.82 Å². The molecule has 7 heteroatoms. The maximum absolute atomic E-state index is 13.8. The molecule has 1 unspecified atom stereocenters. The van der Waals surface area contributed by atoms with Gasteiger partial charge in [-0.05, 0) is 36.6 Å². The molecule has 0 saturated carbocycles. The molecule has 0 aliphatic heterocycles. The zero-order chi connectivity index (χ0) is 20.8. The molecular weight excluding hydrogens is 377 g/mol. The number of carbonyl (C=O) groups is 2. The molecule has 1 heterocycles. The SMILES string of the molecule is COC(=O)c1cc(OC(CCc2ccccc2)C(=O)OC)c2cc(F)ccc2n1. The molecule has 0 aliphatic rings. The molecule has 0 saturated heterocycles. The highest BCUT2D eigenvalue weighted by atomic mass is 19.1. The van der Waals surface area contributed by atoms with E-state index in [1.165, 1.54) is 38.5 Å². The molecule has 29 heavy (non-hydrogen) atoms. The minimum absolute atomic E-state index is 0.00622. The van der Waals surface area contributed by atoms with Crippen LogP contribution in [-0.4, -0.2) is 37.2 Å². The van der Waals surface area contributed by atoms with Crippen molar-refractivity contribution in [1.82, 2.24) is 4.98 Å². The van der Waals surface area contributed by atoms with Gasteiger partial charge in [0, 0.05) is 11.5 Å². The molecule has 3 rings (SSSR count). The number of methoxy groups -OCH3 is 2. The van der Waals surface area contributed by atoms with Gasteiger partial charge in [0.1, 0.15) is 11.6 Å². The highest BCUT2D eigenvalue weighted by Gasteiger charge is 2.24. The average Bonchev–Trinajstić information content (AvgIpc) is 2.76. The molecular formula is C22H20FNO5. The summed E-state index contributed by atoms with van der Waals surface area (Å²) >= 11 is 0. The second kappa shape index (κ2) is 9.14. The van der Waals surface area contributed by atoms with Crippen LogP contribution in [0.4, 0.5) is 4.39 Å². The summed E-state index contributed by atoms with van der Waals surface area (Å²) in [6.07, 6.45) is -0.0369. The molecule has 150 valence electrons. The number of aromatic nitrogens is 1. The third-order valence-corrected chi connectivity index (χ3v) is 4.40.